The van der Waals surface area contributed by atoms with E-state index >= 15 is 0 Å². The molecule has 21 heavy (non-hydrogen) atoms. The van der Waals surface area contributed by atoms with Crippen LogP contribution in [-0.4, -0.2) is 19.0 Å². The van der Waals surface area contributed by atoms with Gasteiger partial charge in [0.1, 0.15) is 0 Å². The van der Waals surface area contributed by atoms with Gasteiger partial charge in [-0.15, -0.1) is 0 Å². The molecule has 3 rings (SSSR count). The highest BCUT2D eigenvalue weighted by atomic mass is 16.2. The molecule has 1 aliphatic heterocycles. The van der Waals surface area contributed by atoms with Gasteiger partial charge in [-0.25, -0.2) is 0 Å². The Morgan fingerprint density at radius 3 is 2.67 bits per heavy atom. The van der Waals surface area contributed by atoms with Crippen molar-refractivity contribution in [1.29, 1.82) is 0 Å². The van der Waals surface area contributed by atoms with Gasteiger partial charge in [0.05, 0.1) is 0 Å². The number of anilines is 1. The van der Waals surface area contributed by atoms with E-state index in [1.165, 1.54) is 0 Å². The van der Waals surface area contributed by atoms with Crippen LogP contribution in [0.15, 0.2) is 54.6 Å². The van der Waals surface area contributed by atoms with Gasteiger partial charge < -0.3 is 5.32 Å². The second kappa shape index (κ2) is 6.25. The average molecular weight is 276 g/mol. The van der Waals surface area contributed by atoms with Crippen LogP contribution in [0.5, 0.6) is 0 Å². The lowest BCUT2D eigenvalue weighted by Crippen LogP contribution is -2.33. The fourth-order valence-corrected chi connectivity index (χ4v) is 2.38. The van der Waals surface area contributed by atoms with Gasteiger partial charge in [0.2, 0.25) is 0 Å². The number of rotatable bonds is 0. The summed E-state index contributed by atoms with van der Waals surface area (Å²) in [7, 11) is 0. The summed E-state index contributed by atoms with van der Waals surface area (Å²) in [5, 5.41) is 3.32. The first-order chi connectivity index (χ1) is 10.3. The predicted octanol–water partition coefficient (Wildman–Crippen LogP) is 2.17. The van der Waals surface area contributed by atoms with E-state index in [-0.39, 0.29) is 5.91 Å². The van der Waals surface area contributed by atoms with Gasteiger partial charge in [0, 0.05) is 36.8 Å². The largest absolute Gasteiger partial charge is 0.311 e. The van der Waals surface area contributed by atoms with Gasteiger partial charge in [-0.2, -0.15) is 0 Å². The van der Waals surface area contributed by atoms with Crippen LogP contribution in [0.2, 0.25) is 0 Å². The maximum atomic E-state index is 12.4. The van der Waals surface area contributed by atoms with Crippen LogP contribution in [-0.2, 0) is 11.3 Å². The third-order valence-electron chi connectivity index (χ3n) is 3.44. The monoisotopic (exact) mass is 276 g/mol. The smallest absolute Gasteiger partial charge is 0.303 e. The number of fused-ring (bicyclic) bond motifs is 1. The fourth-order valence-electron chi connectivity index (χ4n) is 2.38. The zero-order valence-electron chi connectivity index (χ0n) is 11.7. The zero-order chi connectivity index (χ0) is 14.5. The minimum absolute atomic E-state index is 0.157. The van der Waals surface area contributed by atoms with Crippen molar-refractivity contribution in [3.63, 3.8) is 0 Å². The molecule has 0 fully saturated rings. The number of carbonyl (C=O) groups is 1. The Balaban J connectivity index is 1.87. The van der Waals surface area contributed by atoms with Crippen LogP contribution in [0, 0.1) is 11.8 Å². The molecule has 0 saturated carbocycles. The number of hydrogen-bond donors (Lipinski definition) is 1. The number of hydrogen-bond acceptors (Lipinski definition) is 2. The molecule has 0 saturated heterocycles. The van der Waals surface area contributed by atoms with Crippen LogP contribution in [0.4, 0.5) is 5.69 Å². The van der Waals surface area contributed by atoms with E-state index in [1.807, 2.05) is 54.6 Å². The Kier molecular flexibility index (Phi) is 3.99. The third kappa shape index (κ3) is 3.13. The van der Waals surface area contributed by atoms with E-state index in [0.717, 1.165) is 29.9 Å². The zero-order valence-corrected chi connectivity index (χ0v) is 11.7. The van der Waals surface area contributed by atoms with E-state index < -0.39 is 0 Å². The van der Waals surface area contributed by atoms with Crippen LogP contribution in [0.3, 0.4) is 0 Å². The first kappa shape index (κ1) is 13.4. The number of nitrogens with zero attached hydrogens (tertiary/aromatic N) is 1. The molecule has 2 aromatic rings. The summed E-state index contributed by atoms with van der Waals surface area (Å²) in [5.41, 5.74) is 2.94. The minimum atomic E-state index is -0.157. The second-order valence-electron chi connectivity index (χ2n) is 4.88. The quantitative estimate of drug-likeness (QED) is 0.748. The summed E-state index contributed by atoms with van der Waals surface area (Å²) in [6.07, 6.45) is 0. The molecule has 0 aromatic heterocycles. The Hall–Kier alpha value is -2.57. The molecule has 1 amide bonds. The van der Waals surface area contributed by atoms with Crippen molar-refractivity contribution in [2.24, 2.45) is 0 Å². The van der Waals surface area contributed by atoms with Gasteiger partial charge in [-0.1, -0.05) is 42.3 Å². The lowest BCUT2D eigenvalue weighted by molar-refractivity contribution is -0.113. The highest BCUT2D eigenvalue weighted by molar-refractivity contribution is 6.06. The van der Waals surface area contributed by atoms with Gasteiger partial charge >= 0.3 is 5.91 Å². The van der Waals surface area contributed by atoms with E-state index in [4.69, 9.17) is 0 Å². The Morgan fingerprint density at radius 2 is 1.81 bits per heavy atom. The summed E-state index contributed by atoms with van der Waals surface area (Å²) >= 11 is 0. The maximum absolute atomic E-state index is 12.4. The van der Waals surface area contributed by atoms with Gasteiger partial charge in [-0.05, 0) is 23.8 Å². The number of para-hydroxylation sites is 1. The number of benzene rings is 2. The van der Waals surface area contributed by atoms with Crippen molar-refractivity contribution in [3.8, 4) is 11.8 Å². The maximum Gasteiger partial charge on any atom is 0.303 e. The summed E-state index contributed by atoms with van der Waals surface area (Å²) in [6, 6.07) is 17.5. The average Bonchev–Trinajstić information content (AvgIpc) is 2.76. The van der Waals surface area contributed by atoms with E-state index in [2.05, 4.69) is 17.2 Å². The molecule has 3 heteroatoms. The Bertz CT molecular complexity index is 698. The lowest BCUT2D eigenvalue weighted by atomic mass is 10.1. The van der Waals surface area contributed by atoms with Crippen molar-refractivity contribution >= 4 is 11.6 Å². The Morgan fingerprint density at radius 1 is 1.05 bits per heavy atom. The van der Waals surface area contributed by atoms with Crippen LogP contribution < -0.4 is 10.2 Å². The Labute approximate surface area is 124 Å². The molecule has 104 valence electrons. The van der Waals surface area contributed by atoms with E-state index in [0.29, 0.717) is 6.54 Å². The topological polar surface area (TPSA) is 32.3 Å². The highest BCUT2D eigenvalue weighted by Gasteiger charge is 2.18. The van der Waals surface area contributed by atoms with Crippen molar-refractivity contribution in [2.45, 2.75) is 6.54 Å². The molecule has 1 N–H and O–H groups in total. The normalized spacial score (nSPS) is 13.6. The highest BCUT2D eigenvalue weighted by Crippen LogP contribution is 2.21. The SMILES string of the molecule is O=C(C#Cc1ccccc1)N1CCNCc2ccccc21. The lowest BCUT2D eigenvalue weighted by Gasteiger charge is -2.19. The molecule has 2 aromatic carbocycles. The first-order valence-corrected chi connectivity index (χ1v) is 7.02. The van der Waals surface area contributed by atoms with Crippen molar-refractivity contribution in [3.05, 3.63) is 65.7 Å². The summed E-state index contributed by atoms with van der Waals surface area (Å²) in [5.74, 6) is 5.52. The molecule has 0 bridgehead atoms. The predicted molar refractivity (Wildman–Crippen MR) is 83.8 cm³/mol. The van der Waals surface area contributed by atoms with Crippen molar-refractivity contribution in [1.82, 2.24) is 5.32 Å². The fraction of sp³-hybridized carbons (Fsp3) is 0.167. The first-order valence-electron chi connectivity index (χ1n) is 7.02. The number of carbonyl (C=O) groups excluding carboxylic acids is 1. The van der Waals surface area contributed by atoms with E-state index in [1.54, 1.807) is 4.90 Å². The van der Waals surface area contributed by atoms with Crippen LogP contribution in [0.1, 0.15) is 11.1 Å². The van der Waals surface area contributed by atoms with Crippen molar-refractivity contribution in [2.75, 3.05) is 18.0 Å². The third-order valence-corrected chi connectivity index (χ3v) is 3.44. The standard InChI is InChI=1S/C18H16N2O/c21-18(11-10-15-6-2-1-3-7-15)20-13-12-19-14-16-8-4-5-9-17(16)20/h1-9,19H,12-14H2. The van der Waals surface area contributed by atoms with Gasteiger partial charge in [-0.3, -0.25) is 9.69 Å². The summed E-state index contributed by atoms with van der Waals surface area (Å²) < 4.78 is 0. The molecule has 1 heterocycles. The van der Waals surface area contributed by atoms with Gasteiger partial charge in [0.15, 0.2) is 0 Å². The van der Waals surface area contributed by atoms with Crippen molar-refractivity contribution < 1.29 is 4.79 Å². The molecule has 0 unspecified atom stereocenters. The molecule has 0 radical (unpaired) electrons. The molecule has 1 aliphatic rings. The summed E-state index contributed by atoms with van der Waals surface area (Å²) in [6.45, 7) is 2.19. The molecule has 0 atom stereocenters. The molecular weight excluding hydrogens is 260 g/mol. The molecule has 0 spiro atoms. The second-order valence-corrected chi connectivity index (χ2v) is 4.88. The van der Waals surface area contributed by atoms with E-state index in [9.17, 15) is 4.79 Å². The number of nitrogens with one attached hydrogen (secondary N) is 1. The van der Waals surface area contributed by atoms with Crippen LogP contribution in [0.25, 0.3) is 0 Å². The van der Waals surface area contributed by atoms with Gasteiger partial charge in [0.25, 0.3) is 0 Å². The molecular formula is C18H16N2O. The summed E-state index contributed by atoms with van der Waals surface area (Å²) in [4.78, 5) is 14.2. The molecule has 0 aliphatic carbocycles. The minimum Gasteiger partial charge on any atom is -0.311 e. The molecule has 3 nitrogen and oxygen atoms in total. The van der Waals surface area contributed by atoms with Crippen LogP contribution >= 0.6 is 0 Å². The number of amides is 1.